The van der Waals surface area contributed by atoms with Gasteiger partial charge in [0.15, 0.2) is 6.29 Å². The molecule has 0 amide bonds. The molecule has 4 nitrogen and oxygen atoms in total. The molecule has 0 aliphatic carbocycles. The highest BCUT2D eigenvalue weighted by Crippen LogP contribution is 1.99. The van der Waals surface area contributed by atoms with E-state index in [-0.39, 0.29) is 26.1 Å². The molecule has 0 aliphatic rings. The second-order valence-electron chi connectivity index (χ2n) is 1.99. The Morgan fingerprint density at radius 3 is 2.36 bits per heavy atom. The van der Waals surface area contributed by atoms with Gasteiger partial charge in [-0.05, 0) is 6.92 Å². The molecule has 1 unspecified atom stereocenters. The summed E-state index contributed by atoms with van der Waals surface area (Å²) in [5.41, 5.74) is 0. The Balaban J connectivity index is 3.34. The molecule has 0 aromatic carbocycles. The molecule has 0 aromatic heterocycles. The molecule has 0 aromatic rings. The molecule has 0 heterocycles. The van der Waals surface area contributed by atoms with Gasteiger partial charge in [0.1, 0.15) is 0 Å². The van der Waals surface area contributed by atoms with Gasteiger partial charge >= 0.3 is 0 Å². The average molecular weight is 164 g/mol. The maximum absolute atomic E-state index is 8.54. The van der Waals surface area contributed by atoms with Gasteiger partial charge in [-0.3, -0.25) is 0 Å². The minimum Gasteiger partial charge on any atom is -0.396 e. The van der Waals surface area contributed by atoms with Crippen molar-refractivity contribution in [1.29, 1.82) is 0 Å². The van der Waals surface area contributed by atoms with Crippen LogP contribution >= 0.6 is 0 Å². The van der Waals surface area contributed by atoms with E-state index in [4.69, 9.17) is 19.7 Å². The van der Waals surface area contributed by atoms with Crippen LogP contribution in [-0.4, -0.2) is 42.9 Å². The predicted octanol–water partition coefficient (Wildman–Crippen LogP) is -0.260. The Kier molecular flexibility index (Phi) is 7.83. The summed E-state index contributed by atoms with van der Waals surface area (Å²) in [7, 11) is 0. The molecule has 0 bridgehead atoms. The predicted molar refractivity (Wildman–Crippen MR) is 40.2 cm³/mol. The third kappa shape index (κ3) is 6.25. The van der Waals surface area contributed by atoms with E-state index >= 15 is 0 Å². The summed E-state index contributed by atoms with van der Waals surface area (Å²) in [6, 6.07) is 0. The Morgan fingerprint density at radius 1 is 1.18 bits per heavy atom. The first kappa shape index (κ1) is 10.8. The van der Waals surface area contributed by atoms with E-state index in [1.165, 1.54) is 0 Å². The molecule has 0 aliphatic heterocycles. The van der Waals surface area contributed by atoms with Crippen molar-refractivity contribution >= 4 is 0 Å². The van der Waals surface area contributed by atoms with Gasteiger partial charge in [-0.15, -0.1) is 0 Å². The summed E-state index contributed by atoms with van der Waals surface area (Å²) < 4.78 is 10.1. The number of hydrogen-bond donors (Lipinski definition) is 2. The summed E-state index contributed by atoms with van der Waals surface area (Å²) in [5, 5.41) is 16.9. The van der Waals surface area contributed by atoms with E-state index in [9.17, 15) is 0 Å². The summed E-state index contributed by atoms with van der Waals surface area (Å²) in [6.45, 7) is 2.68. The van der Waals surface area contributed by atoms with E-state index in [0.717, 1.165) is 0 Å². The standard InChI is InChI=1S/C7H16O4/c1-2-10-7(3-4-8)11-6-5-9/h7-9H,2-6H2,1H3. The van der Waals surface area contributed by atoms with E-state index in [1.54, 1.807) is 0 Å². The van der Waals surface area contributed by atoms with Crippen LogP contribution in [0.1, 0.15) is 13.3 Å². The van der Waals surface area contributed by atoms with Gasteiger partial charge in [-0.1, -0.05) is 0 Å². The minimum atomic E-state index is -0.378. The van der Waals surface area contributed by atoms with E-state index < -0.39 is 0 Å². The van der Waals surface area contributed by atoms with Gasteiger partial charge in [-0.25, -0.2) is 0 Å². The number of aliphatic hydroxyl groups is 2. The van der Waals surface area contributed by atoms with Crippen molar-refractivity contribution in [3.8, 4) is 0 Å². The van der Waals surface area contributed by atoms with Crippen LogP contribution in [0, 0.1) is 0 Å². The van der Waals surface area contributed by atoms with Crippen LogP contribution in [-0.2, 0) is 9.47 Å². The maximum atomic E-state index is 8.54. The van der Waals surface area contributed by atoms with Crippen LogP contribution in [0.3, 0.4) is 0 Å². The zero-order valence-electron chi connectivity index (χ0n) is 6.82. The van der Waals surface area contributed by atoms with Gasteiger partial charge in [0.2, 0.25) is 0 Å². The van der Waals surface area contributed by atoms with Crippen molar-refractivity contribution < 1.29 is 19.7 Å². The molecule has 0 rings (SSSR count). The van der Waals surface area contributed by atoms with E-state index in [0.29, 0.717) is 13.0 Å². The third-order valence-corrected chi connectivity index (χ3v) is 1.11. The van der Waals surface area contributed by atoms with Gasteiger partial charge < -0.3 is 19.7 Å². The number of hydrogen-bond acceptors (Lipinski definition) is 4. The van der Waals surface area contributed by atoms with Crippen molar-refractivity contribution in [2.24, 2.45) is 0 Å². The second kappa shape index (κ2) is 7.94. The van der Waals surface area contributed by atoms with Gasteiger partial charge in [0.05, 0.1) is 13.2 Å². The molecular weight excluding hydrogens is 148 g/mol. The van der Waals surface area contributed by atoms with Gasteiger partial charge in [-0.2, -0.15) is 0 Å². The zero-order valence-corrected chi connectivity index (χ0v) is 6.82. The fraction of sp³-hybridized carbons (Fsp3) is 1.00. The molecule has 0 radical (unpaired) electrons. The summed E-state index contributed by atoms with van der Waals surface area (Å²) in [6.07, 6.45) is 0.0746. The van der Waals surface area contributed by atoms with Gasteiger partial charge in [0, 0.05) is 19.6 Å². The van der Waals surface area contributed by atoms with Crippen molar-refractivity contribution in [3.05, 3.63) is 0 Å². The molecule has 11 heavy (non-hydrogen) atoms. The number of aliphatic hydroxyl groups excluding tert-OH is 2. The SMILES string of the molecule is CCOC(CCO)OCCO. The van der Waals surface area contributed by atoms with Crippen LogP contribution in [0.25, 0.3) is 0 Å². The fourth-order valence-electron chi connectivity index (χ4n) is 0.690. The van der Waals surface area contributed by atoms with Crippen molar-refractivity contribution in [3.63, 3.8) is 0 Å². The molecule has 4 heteroatoms. The van der Waals surface area contributed by atoms with E-state index in [2.05, 4.69) is 0 Å². The minimum absolute atomic E-state index is 0.0188. The highest BCUT2D eigenvalue weighted by atomic mass is 16.7. The highest BCUT2D eigenvalue weighted by Gasteiger charge is 2.06. The second-order valence-corrected chi connectivity index (χ2v) is 1.99. The average Bonchev–Trinajstić information content (AvgIpc) is 2.01. The third-order valence-electron chi connectivity index (χ3n) is 1.11. The Morgan fingerprint density at radius 2 is 1.91 bits per heavy atom. The van der Waals surface area contributed by atoms with Crippen LogP contribution < -0.4 is 0 Å². The largest absolute Gasteiger partial charge is 0.396 e. The fourth-order valence-corrected chi connectivity index (χ4v) is 0.690. The number of rotatable bonds is 7. The first-order valence-electron chi connectivity index (χ1n) is 3.80. The summed E-state index contributed by atoms with van der Waals surface area (Å²) >= 11 is 0. The Hall–Kier alpha value is -0.160. The molecule has 0 spiro atoms. The van der Waals surface area contributed by atoms with Crippen LogP contribution in [0.5, 0.6) is 0 Å². The molecule has 68 valence electrons. The van der Waals surface area contributed by atoms with Crippen LogP contribution in [0.4, 0.5) is 0 Å². The quantitative estimate of drug-likeness (QED) is 0.509. The molecule has 0 fully saturated rings. The lowest BCUT2D eigenvalue weighted by Crippen LogP contribution is -2.20. The molecule has 1 atom stereocenters. The smallest absolute Gasteiger partial charge is 0.159 e. The topological polar surface area (TPSA) is 58.9 Å². The Labute approximate surface area is 66.7 Å². The highest BCUT2D eigenvalue weighted by molar-refractivity contribution is 4.42. The van der Waals surface area contributed by atoms with Gasteiger partial charge in [0.25, 0.3) is 0 Å². The first-order valence-corrected chi connectivity index (χ1v) is 3.80. The lowest BCUT2D eigenvalue weighted by atomic mass is 10.4. The summed E-state index contributed by atoms with van der Waals surface area (Å²) in [5.74, 6) is 0. The first-order chi connectivity index (χ1) is 5.35. The van der Waals surface area contributed by atoms with Crippen molar-refractivity contribution in [2.45, 2.75) is 19.6 Å². The molecular formula is C7H16O4. The molecule has 0 saturated carbocycles. The molecule has 0 saturated heterocycles. The maximum Gasteiger partial charge on any atom is 0.159 e. The zero-order chi connectivity index (χ0) is 8.53. The number of ether oxygens (including phenoxy) is 2. The van der Waals surface area contributed by atoms with E-state index in [1.807, 2.05) is 6.92 Å². The lowest BCUT2D eigenvalue weighted by Gasteiger charge is -2.15. The van der Waals surface area contributed by atoms with Crippen molar-refractivity contribution in [1.82, 2.24) is 0 Å². The Bertz CT molecular complexity index is 70.8. The monoisotopic (exact) mass is 164 g/mol. The summed E-state index contributed by atoms with van der Waals surface area (Å²) in [4.78, 5) is 0. The normalized spacial score (nSPS) is 13.4. The van der Waals surface area contributed by atoms with Crippen LogP contribution in [0.2, 0.25) is 0 Å². The lowest BCUT2D eigenvalue weighted by molar-refractivity contribution is -0.151. The van der Waals surface area contributed by atoms with Crippen LogP contribution in [0.15, 0.2) is 0 Å². The molecule has 2 N–H and O–H groups in total. The van der Waals surface area contributed by atoms with Crippen molar-refractivity contribution in [2.75, 3.05) is 26.4 Å².